The molecule has 2 aromatic rings. The summed E-state index contributed by atoms with van der Waals surface area (Å²) in [7, 11) is 1.62. The Kier molecular flexibility index (Phi) is 7.03. The lowest BCUT2D eigenvalue weighted by Gasteiger charge is -2.24. The fourth-order valence-electron chi connectivity index (χ4n) is 3.09. The van der Waals surface area contributed by atoms with Gasteiger partial charge in [0, 0.05) is 13.6 Å². The van der Waals surface area contributed by atoms with Gasteiger partial charge in [0.2, 0.25) is 5.91 Å². The molecular weight excluding hydrogens is 403 g/mol. The van der Waals surface area contributed by atoms with Crippen LogP contribution < -0.4 is 16.0 Å². The van der Waals surface area contributed by atoms with Crippen molar-refractivity contribution in [1.29, 1.82) is 0 Å². The van der Waals surface area contributed by atoms with E-state index < -0.39 is 5.54 Å². The summed E-state index contributed by atoms with van der Waals surface area (Å²) in [6.07, 6.45) is 2.44. The van der Waals surface area contributed by atoms with Gasteiger partial charge in [-0.25, -0.2) is 4.68 Å². The number of aromatic nitrogens is 3. The number of nitrogens with zero attached hydrogens (tertiary/aromatic N) is 3. The highest BCUT2D eigenvalue weighted by Gasteiger charge is 2.33. The summed E-state index contributed by atoms with van der Waals surface area (Å²) in [6.45, 7) is 4.35. The van der Waals surface area contributed by atoms with E-state index in [4.69, 9.17) is 11.6 Å². The summed E-state index contributed by atoms with van der Waals surface area (Å²) in [5, 5.41) is 17.6. The number of benzene rings is 1. The van der Waals surface area contributed by atoms with Crippen molar-refractivity contribution in [3.63, 3.8) is 0 Å². The van der Waals surface area contributed by atoms with Crippen molar-refractivity contribution < 1.29 is 9.59 Å². The molecule has 3 rings (SSSR count). The van der Waals surface area contributed by atoms with Crippen LogP contribution in [0.5, 0.6) is 0 Å². The van der Waals surface area contributed by atoms with Gasteiger partial charge in [-0.2, -0.15) is 0 Å². The van der Waals surface area contributed by atoms with Crippen LogP contribution in [0.3, 0.4) is 0 Å². The maximum absolute atomic E-state index is 12.6. The molecule has 8 nitrogen and oxygen atoms in total. The fraction of sp³-hybridized carbons (Fsp3) is 0.444. The number of amides is 2. The van der Waals surface area contributed by atoms with Crippen LogP contribution in [0, 0.1) is 0 Å². The first kappa shape index (κ1) is 22.1. The van der Waals surface area contributed by atoms with Gasteiger partial charge in [-0.3, -0.25) is 9.59 Å². The van der Waals surface area contributed by atoms with Gasteiger partial charge in [-0.1, -0.05) is 28.9 Å². The minimum atomic E-state index is -0.735. The number of hydrogen-bond acceptors (Lipinski definition) is 5. The highest BCUT2D eigenvalue weighted by atomic mass is 35.5. The molecule has 1 saturated heterocycles. The van der Waals surface area contributed by atoms with Crippen LogP contribution in [0.15, 0.2) is 30.5 Å². The molecule has 1 aliphatic heterocycles. The van der Waals surface area contributed by atoms with Gasteiger partial charge < -0.3 is 16.0 Å². The van der Waals surface area contributed by atoms with Gasteiger partial charge >= 0.3 is 0 Å². The van der Waals surface area contributed by atoms with Crippen molar-refractivity contribution in [3.05, 3.63) is 46.7 Å². The zero-order valence-electron chi connectivity index (χ0n) is 15.9. The number of hydrogen-bond donors (Lipinski definition) is 3. The molecule has 0 saturated carbocycles. The van der Waals surface area contributed by atoms with Gasteiger partial charge in [-0.05, 0) is 32.4 Å². The van der Waals surface area contributed by atoms with Gasteiger partial charge in [0.25, 0.3) is 5.91 Å². The van der Waals surface area contributed by atoms with Gasteiger partial charge in [-0.15, -0.1) is 17.5 Å². The highest BCUT2D eigenvalue weighted by molar-refractivity contribution is 6.33. The van der Waals surface area contributed by atoms with Gasteiger partial charge in [0.15, 0.2) is 0 Å². The molecule has 28 heavy (non-hydrogen) atoms. The summed E-state index contributed by atoms with van der Waals surface area (Å²) in [4.78, 5) is 24.3. The molecule has 1 fully saturated rings. The lowest BCUT2D eigenvalue weighted by molar-refractivity contribution is -0.122. The number of likely N-dealkylation sites (N-methyl/N-ethyl adjacent to an activating group) is 1. The lowest BCUT2D eigenvalue weighted by Crippen LogP contribution is -2.41. The standard InChI is InChI=1S/C18H23ClN6O2.ClH/c1-18(2,22-16(26)12-6-4-5-7-13(12)19)15-10-25(24-23-15)11-8-14(21-9-11)17(27)20-3;/h4-7,10-11,14,21H,8-9H2,1-3H3,(H,20,27)(H,22,26);1H/t11-,14+;/m1./s1. The zero-order valence-corrected chi connectivity index (χ0v) is 17.5. The molecule has 1 aromatic carbocycles. The first-order valence-electron chi connectivity index (χ1n) is 8.76. The second-order valence-corrected chi connectivity index (χ2v) is 7.51. The third-order valence-electron chi connectivity index (χ3n) is 4.74. The van der Waals surface area contributed by atoms with Crippen LogP contribution in [-0.4, -0.2) is 46.4 Å². The Morgan fingerprint density at radius 1 is 1.32 bits per heavy atom. The second kappa shape index (κ2) is 8.89. The van der Waals surface area contributed by atoms with E-state index in [0.717, 1.165) is 0 Å². The SMILES string of the molecule is CNC(=O)[C@@H]1C[C@@H](n2cc(C(C)(C)NC(=O)c3ccccc3Cl)nn2)CN1.Cl. The van der Waals surface area contributed by atoms with E-state index in [-0.39, 0.29) is 36.3 Å². The van der Waals surface area contributed by atoms with Crippen molar-refractivity contribution in [2.45, 2.75) is 37.9 Å². The number of halogens is 2. The van der Waals surface area contributed by atoms with E-state index in [1.165, 1.54) is 0 Å². The van der Waals surface area contributed by atoms with E-state index in [0.29, 0.717) is 29.2 Å². The van der Waals surface area contributed by atoms with E-state index in [1.807, 2.05) is 20.0 Å². The second-order valence-electron chi connectivity index (χ2n) is 7.11. The first-order chi connectivity index (χ1) is 12.8. The molecule has 2 atom stereocenters. The average Bonchev–Trinajstić information content (AvgIpc) is 3.30. The Morgan fingerprint density at radius 3 is 2.71 bits per heavy atom. The van der Waals surface area contributed by atoms with Crippen LogP contribution in [0.1, 0.15) is 42.4 Å². The van der Waals surface area contributed by atoms with Gasteiger partial charge in [0.1, 0.15) is 5.69 Å². The summed E-state index contributed by atoms with van der Waals surface area (Å²) in [5.41, 5.74) is 0.306. The third-order valence-corrected chi connectivity index (χ3v) is 5.07. The molecule has 0 aliphatic carbocycles. The smallest absolute Gasteiger partial charge is 0.253 e. The van der Waals surface area contributed by atoms with Crippen LogP contribution >= 0.6 is 24.0 Å². The average molecular weight is 427 g/mol. The van der Waals surface area contributed by atoms with Crippen molar-refractivity contribution in [1.82, 2.24) is 30.9 Å². The molecule has 0 unspecified atom stereocenters. The van der Waals surface area contributed by atoms with Crippen molar-refractivity contribution >= 4 is 35.8 Å². The molecule has 1 aromatic heterocycles. The van der Waals surface area contributed by atoms with Gasteiger partial charge in [0.05, 0.1) is 34.4 Å². The molecule has 3 N–H and O–H groups in total. The van der Waals surface area contributed by atoms with E-state index in [2.05, 4.69) is 26.3 Å². The number of nitrogens with one attached hydrogen (secondary N) is 3. The maximum Gasteiger partial charge on any atom is 0.253 e. The maximum atomic E-state index is 12.6. The summed E-state index contributed by atoms with van der Waals surface area (Å²) in [5.74, 6) is -0.312. The molecule has 10 heteroatoms. The minimum Gasteiger partial charge on any atom is -0.358 e. The predicted octanol–water partition coefficient (Wildman–Crippen LogP) is 1.67. The Morgan fingerprint density at radius 2 is 2.04 bits per heavy atom. The molecule has 0 spiro atoms. The van der Waals surface area contributed by atoms with Crippen molar-refractivity contribution in [2.24, 2.45) is 0 Å². The van der Waals surface area contributed by atoms with Crippen LogP contribution in [0.4, 0.5) is 0 Å². The summed E-state index contributed by atoms with van der Waals surface area (Å²) in [6, 6.07) is 6.69. The largest absolute Gasteiger partial charge is 0.358 e. The fourth-order valence-corrected chi connectivity index (χ4v) is 3.32. The van der Waals surface area contributed by atoms with Crippen molar-refractivity contribution in [2.75, 3.05) is 13.6 Å². The molecule has 2 amide bonds. The molecule has 2 heterocycles. The van der Waals surface area contributed by atoms with E-state index in [9.17, 15) is 9.59 Å². The molecule has 0 bridgehead atoms. The minimum absolute atomic E-state index is 0. The normalized spacial score (nSPS) is 19.0. The molecule has 152 valence electrons. The predicted molar refractivity (Wildman–Crippen MR) is 109 cm³/mol. The van der Waals surface area contributed by atoms with E-state index >= 15 is 0 Å². The van der Waals surface area contributed by atoms with Crippen LogP contribution in [0.25, 0.3) is 0 Å². The van der Waals surface area contributed by atoms with E-state index in [1.54, 1.807) is 36.0 Å². The molecule has 0 radical (unpaired) electrons. The number of rotatable bonds is 5. The van der Waals surface area contributed by atoms with Crippen LogP contribution in [-0.2, 0) is 10.3 Å². The first-order valence-corrected chi connectivity index (χ1v) is 9.14. The highest BCUT2D eigenvalue weighted by Crippen LogP contribution is 2.24. The summed E-state index contributed by atoms with van der Waals surface area (Å²) >= 11 is 6.10. The topological polar surface area (TPSA) is 101 Å². The quantitative estimate of drug-likeness (QED) is 0.674. The molecular formula is C18H24Cl2N6O2. The Bertz CT molecular complexity index is 854. The van der Waals surface area contributed by atoms with Crippen LogP contribution in [0.2, 0.25) is 5.02 Å². The Hall–Kier alpha value is -2.16. The Balaban J connectivity index is 0.00000280. The monoisotopic (exact) mass is 426 g/mol. The summed E-state index contributed by atoms with van der Waals surface area (Å²) < 4.78 is 1.74. The lowest BCUT2D eigenvalue weighted by atomic mass is 10.0. The third kappa shape index (κ3) is 4.63. The molecule has 1 aliphatic rings. The number of carbonyl (C=O) groups is 2. The Labute approximate surface area is 174 Å². The zero-order chi connectivity index (χ0) is 19.6. The van der Waals surface area contributed by atoms with Crippen molar-refractivity contribution in [3.8, 4) is 0 Å². The number of carbonyl (C=O) groups excluding carboxylic acids is 2.